The van der Waals surface area contributed by atoms with Crippen LogP contribution >= 0.6 is 15.6 Å². The van der Waals surface area contributed by atoms with Crippen molar-refractivity contribution in [2.75, 3.05) is 39.6 Å². The van der Waals surface area contributed by atoms with Crippen molar-refractivity contribution in [3.8, 4) is 0 Å². The van der Waals surface area contributed by atoms with Gasteiger partial charge >= 0.3 is 39.5 Å². The molecule has 0 saturated carbocycles. The molecule has 0 aliphatic carbocycles. The van der Waals surface area contributed by atoms with Crippen LogP contribution < -0.4 is 0 Å². The number of carbonyl (C=O) groups is 4. The van der Waals surface area contributed by atoms with Crippen molar-refractivity contribution >= 4 is 39.5 Å². The number of rotatable bonds is 76. The van der Waals surface area contributed by atoms with Gasteiger partial charge in [0.1, 0.15) is 19.3 Å². The summed E-state index contributed by atoms with van der Waals surface area (Å²) in [6, 6.07) is 0. The third kappa shape index (κ3) is 70.3. The molecule has 0 bridgehead atoms. The summed E-state index contributed by atoms with van der Waals surface area (Å²) in [5.41, 5.74) is 0. The molecule has 17 nitrogen and oxygen atoms in total. The van der Waals surface area contributed by atoms with Crippen LogP contribution in [0.15, 0.2) is 0 Å². The lowest BCUT2D eigenvalue weighted by molar-refractivity contribution is -0.161. The van der Waals surface area contributed by atoms with Gasteiger partial charge in [0.2, 0.25) is 0 Å². The van der Waals surface area contributed by atoms with Crippen LogP contribution in [0.4, 0.5) is 0 Å². The van der Waals surface area contributed by atoms with E-state index in [0.29, 0.717) is 25.7 Å². The maximum absolute atomic E-state index is 13.1. The molecule has 0 aromatic carbocycles. The fourth-order valence-electron chi connectivity index (χ4n) is 11.7. The van der Waals surface area contributed by atoms with Crippen molar-refractivity contribution in [1.82, 2.24) is 0 Å². The Balaban J connectivity index is 5.14. The van der Waals surface area contributed by atoms with Gasteiger partial charge in [-0.15, -0.1) is 0 Å². The Morgan fingerprint density at radius 1 is 0.284 bits per heavy atom. The minimum absolute atomic E-state index is 0.107. The van der Waals surface area contributed by atoms with Gasteiger partial charge in [0.05, 0.1) is 26.4 Å². The first-order chi connectivity index (χ1) is 46.0. The molecule has 0 heterocycles. The van der Waals surface area contributed by atoms with E-state index in [1.54, 1.807) is 0 Å². The second-order valence-electron chi connectivity index (χ2n) is 27.9. The number of hydrogen-bond donors (Lipinski definition) is 3. The van der Waals surface area contributed by atoms with E-state index < -0.39 is 97.5 Å². The van der Waals surface area contributed by atoms with E-state index in [1.165, 1.54) is 218 Å². The normalized spacial score (nSPS) is 13.9. The van der Waals surface area contributed by atoms with Crippen LogP contribution in [-0.4, -0.2) is 96.7 Å². The topological polar surface area (TPSA) is 237 Å². The highest BCUT2D eigenvalue weighted by atomic mass is 31.2. The van der Waals surface area contributed by atoms with Gasteiger partial charge in [0, 0.05) is 25.7 Å². The van der Waals surface area contributed by atoms with Crippen LogP contribution in [0.5, 0.6) is 0 Å². The molecule has 0 saturated heterocycles. The van der Waals surface area contributed by atoms with Gasteiger partial charge in [0.25, 0.3) is 0 Å². The molecule has 0 aromatic heterocycles. The maximum atomic E-state index is 13.1. The van der Waals surface area contributed by atoms with Crippen LogP contribution in [0.2, 0.25) is 0 Å². The second kappa shape index (κ2) is 69.2. The first kappa shape index (κ1) is 93.1. The molecule has 0 rings (SSSR count). The molecule has 0 radical (unpaired) electrons. The van der Waals surface area contributed by atoms with Crippen molar-refractivity contribution in [2.45, 2.75) is 419 Å². The Labute approximate surface area is 581 Å². The zero-order valence-electron chi connectivity index (χ0n) is 61.8. The third-order valence-corrected chi connectivity index (χ3v) is 19.7. The number of phosphoric ester groups is 2. The van der Waals surface area contributed by atoms with Crippen molar-refractivity contribution in [3.63, 3.8) is 0 Å². The summed E-state index contributed by atoms with van der Waals surface area (Å²) in [5.74, 6) is -1.32. The molecule has 0 aliphatic rings. The number of aliphatic hydroxyl groups is 1. The molecule has 95 heavy (non-hydrogen) atoms. The molecule has 19 heteroatoms. The van der Waals surface area contributed by atoms with Gasteiger partial charge in [-0.1, -0.05) is 349 Å². The molecule has 0 aromatic rings. The third-order valence-electron chi connectivity index (χ3n) is 17.8. The highest BCUT2D eigenvalue weighted by Gasteiger charge is 2.30. The Morgan fingerprint density at radius 2 is 0.484 bits per heavy atom. The Hall–Kier alpha value is -1.94. The first-order valence-electron chi connectivity index (χ1n) is 39.6. The molecule has 2 unspecified atom stereocenters. The average Bonchev–Trinajstić information content (AvgIpc) is 3.75. The predicted molar refractivity (Wildman–Crippen MR) is 386 cm³/mol. The van der Waals surface area contributed by atoms with Gasteiger partial charge < -0.3 is 33.8 Å². The van der Waals surface area contributed by atoms with Crippen LogP contribution in [-0.2, 0) is 65.4 Å². The van der Waals surface area contributed by atoms with Gasteiger partial charge in [-0.3, -0.25) is 37.3 Å². The Bertz CT molecular complexity index is 1820. The molecule has 0 spiro atoms. The maximum Gasteiger partial charge on any atom is 0.472 e. The van der Waals surface area contributed by atoms with E-state index in [4.69, 9.17) is 37.0 Å². The van der Waals surface area contributed by atoms with E-state index in [2.05, 4.69) is 34.6 Å². The quantitative estimate of drug-likeness (QED) is 0.0222. The molecular formula is C76H148O17P2. The minimum atomic E-state index is -4.95. The largest absolute Gasteiger partial charge is 0.472 e. The monoisotopic (exact) mass is 1400 g/mol. The van der Waals surface area contributed by atoms with Crippen LogP contribution in [0.25, 0.3) is 0 Å². The molecule has 0 amide bonds. The van der Waals surface area contributed by atoms with Gasteiger partial charge in [-0.05, 0) is 31.6 Å². The van der Waals surface area contributed by atoms with E-state index in [-0.39, 0.29) is 25.7 Å². The zero-order valence-corrected chi connectivity index (χ0v) is 63.6. The number of phosphoric acid groups is 2. The lowest BCUT2D eigenvalue weighted by atomic mass is 10.0. The van der Waals surface area contributed by atoms with Crippen molar-refractivity contribution in [1.29, 1.82) is 0 Å². The van der Waals surface area contributed by atoms with Crippen molar-refractivity contribution in [2.24, 2.45) is 5.92 Å². The van der Waals surface area contributed by atoms with E-state index in [9.17, 15) is 43.2 Å². The van der Waals surface area contributed by atoms with Gasteiger partial charge in [0.15, 0.2) is 12.2 Å². The minimum Gasteiger partial charge on any atom is -0.462 e. The molecule has 0 aliphatic heterocycles. The molecule has 3 N–H and O–H groups in total. The summed E-state index contributed by atoms with van der Waals surface area (Å²) < 4.78 is 68.3. The fourth-order valence-corrected chi connectivity index (χ4v) is 13.3. The first-order valence-corrected chi connectivity index (χ1v) is 42.6. The SMILES string of the molecule is CCCCCCCCCCCCCCCCCCCCCC(=O)O[C@H](COC(=O)CCCCCCCCCCCCCCCCC(C)C)COP(=O)(O)OC[C@@H](O)COP(=O)(O)OC[C@@H](COC(=O)CCCCCCC)OC(=O)CCCCCCCCCCCCCCCC. The van der Waals surface area contributed by atoms with Crippen LogP contribution in [0.1, 0.15) is 401 Å². The standard InChI is InChI=1S/C76H148O17P2/c1-6-9-12-15-17-19-21-23-25-26-27-28-29-35-39-43-47-52-57-62-76(81)93-72(66-87-74(79)60-55-50-45-41-37-34-31-30-32-36-40-44-49-53-58-69(4)5)68-91-95(84,85)89-64-70(77)63-88-94(82,83)90-67-71(65-86-73(78)59-54-48-14-11-8-3)92-75(80)61-56-51-46-42-38-33-24-22-20-18-16-13-10-7-2/h69-72,77H,6-68H2,1-5H3,(H,82,83)(H,84,85)/t70-,71+,72+/m0/s1. The summed E-state index contributed by atoms with van der Waals surface area (Å²) in [6.45, 7) is 7.23. The number of unbranched alkanes of at least 4 members (excludes halogenated alkanes) is 48. The Kier molecular flexibility index (Phi) is 67.7. The fraction of sp³-hybridized carbons (Fsp3) is 0.947. The number of carbonyl (C=O) groups excluding carboxylic acids is 4. The molecule has 564 valence electrons. The number of ether oxygens (including phenoxy) is 4. The number of hydrogen-bond acceptors (Lipinski definition) is 15. The predicted octanol–water partition coefficient (Wildman–Crippen LogP) is 22.5. The second-order valence-corrected chi connectivity index (χ2v) is 30.8. The van der Waals surface area contributed by atoms with Crippen LogP contribution in [0, 0.1) is 5.92 Å². The molecule has 5 atom stereocenters. The summed E-state index contributed by atoms with van der Waals surface area (Å²) in [7, 11) is -9.90. The van der Waals surface area contributed by atoms with Crippen LogP contribution in [0.3, 0.4) is 0 Å². The lowest BCUT2D eigenvalue weighted by Crippen LogP contribution is -2.30. The van der Waals surface area contributed by atoms with E-state index in [1.807, 2.05) is 0 Å². The van der Waals surface area contributed by atoms with Crippen molar-refractivity contribution < 1.29 is 80.2 Å². The highest BCUT2D eigenvalue weighted by Crippen LogP contribution is 2.45. The summed E-state index contributed by atoms with van der Waals surface area (Å²) in [5, 5.41) is 10.6. The average molecular weight is 1400 g/mol. The molecular weight excluding hydrogens is 1250 g/mol. The Morgan fingerprint density at radius 3 is 0.716 bits per heavy atom. The van der Waals surface area contributed by atoms with E-state index >= 15 is 0 Å². The molecule has 0 fully saturated rings. The lowest BCUT2D eigenvalue weighted by Gasteiger charge is -2.21. The highest BCUT2D eigenvalue weighted by molar-refractivity contribution is 7.47. The van der Waals surface area contributed by atoms with Crippen molar-refractivity contribution in [3.05, 3.63) is 0 Å². The summed E-state index contributed by atoms with van der Waals surface area (Å²) in [4.78, 5) is 72.5. The van der Waals surface area contributed by atoms with E-state index in [0.717, 1.165) is 102 Å². The zero-order chi connectivity index (χ0) is 69.8. The summed E-state index contributed by atoms with van der Waals surface area (Å²) >= 11 is 0. The summed E-state index contributed by atoms with van der Waals surface area (Å²) in [6.07, 6.45) is 58.7. The number of esters is 4. The van der Waals surface area contributed by atoms with Gasteiger partial charge in [-0.25, -0.2) is 9.13 Å². The van der Waals surface area contributed by atoms with Gasteiger partial charge in [-0.2, -0.15) is 0 Å². The number of aliphatic hydroxyl groups excluding tert-OH is 1. The smallest absolute Gasteiger partial charge is 0.462 e.